The third-order valence-electron chi connectivity index (χ3n) is 2.09. The lowest BCUT2D eigenvalue weighted by molar-refractivity contribution is 0.592. The Labute approximate surface area is 105 Å². The van der Waals surface area contributed by atoms with Gasteiger partial charge in [-0.2, -0.15) is 11.8 Å². The van der Waals surface area contributed by atoms with Crippen LogP contribution in [0.15, 0.2) is 23.1 Å². The summed E-state index contributed by atoms with van der Waals surface area (Å²) in [5, 5.41) is 7.86. The summed E-state index contributed by atoms with van der Waals surface area (Å²) >= 11 is 1.64. The minimum Gasteiger partial charge on any atom is -0.379 e. The van der Waals surface area contributed by atoms with Gasteiger partial charge in [0.15, 0.2) is 0 Å². The van der Waals surface area contributed by atoms with Gasteiger partial charge in [0.05, 0.1) is 10.6 Å². The zero-order valence-electron chi connectivity index (χ0n) is 9.60. The summed E-state index contributed by atoms with van der Waals surface area (Å²) in [6.07, 6.45) is 1.96. The molecule has 0 fully saturated rings. The van der Waals surface area contributed by atoms with Crippen LogP contribution in [0.2, 0.25) is 0 Å². The molecule has 17 heavy (non-hydrogen) atoms. The second-order valence-corrected chi connectivity index (χ2v) is 6.16. The lowest BCUT2D eigenvalue weighted by atomic mass is 10.2. The van der Waals surface area contributed by atoms with Gasteiger partial charge in [-0.05, 0) is 31.4 Å². The van der Waals surface area contributed by atoms with Crippen LogP contribution in [0.3, 0.4) is 0 Å². The standard InChI is InChI=1S/C10H15FN2O2S2/c1-7(6-16-2)13-10-4-3-8(5-9(10)11)17(12,14)15/h3-5,7,13H,6H2,1-2H3,(H2,12,14,15). The molecule has 0 radical (unpaired) electrons. The highest BCUT2D eigenvalue weighted by molar-refractivity contribution is 7.98. The van der Waals surface area contributed by atoms with Crippen LogP contribution in [0.25, 0.3) is 0 Å². The molecule has 4 nitrogen and oxygen atoms in total. The number of anilines is 1. The van der Waals surface area contributed by atoms with Crippen LogP contribution in [0.4, 0.5) is 10.1 Å². The number of primary sulfonamides is 1. The van der Waals surface area contributed by atoms with Gasteiger partial charge in [0, 0.05) is 11.8 Å². The zero-order valence-corrected chi connectivity index (χ0v) is 11.2. The van der Waals surface area contributed by atoms with Crippen molar-refractivity contribution < 1.29 is 12.8 Å². The average Bonchev–Trinajstić information content (AvgIpc) is 2.20. The molecule has 1 rings (SSSR count). The normalized spacial score (nSPS) is 13.4. The Hall–Kier alpha value is -0.790. The molecule has 0 bridgehead atoms. The molecule has 1 aromatic carbocycles. The number of benzene rings is 1. The highest BCUT2D eigenvalue weighted by atomic mass is 32.2. The van der Waals surface area contributed by atoms with Crippen molar-refractivity contribution >= 4 is 27.5 Å². The first kappa shape index (κ1) is 14.3. The van der Waals surface area contributed by atoms with E-state index in [0.717, 1.165) is 11.8 Å². The monoisotopic (exact) mass is 278 g/mol. The van der Waals surface area contributed by atoms with Crippen molar-refractivity contribution in [3.05, 3.63) is 24.0 Å². The largest absolute Gasteiger partial charge is 0.379 e. The second kappa shape index (κ2) is 5.70. The van der Waals surface area contributed by atoms with Crippen molar-refractivity contribution in [2.45, 2.75) is 17.9 Å². The van der Waals surface area contributed by atoms with Gasteiger partial charge in [-0.25, -0.2) is 17.9 Å². The summed E-state index contributed by atoms with van der Waals surface area (Å²) in [4.78, 5) is -0.224. The van der Waals surface area contributed by atoms with Crippen molar-refractivity contribution in [2.75, 3.05) is 17.3 Å². The van der Waals surface area contributed by atoms with E-state index in [1.54, 1.807) is 11.8 Å². The molecule has 7 heteroatoms. The molecule has 96 valence electrons. The number of thioether (sulfide) groups is 1. The van der Waals surface area contributed by atoms with Crippen molar-refractivity contribution in [2.24, 2.45) is 5.14 Å². The fourth-order valence-corrected chi connectivity index (χ4v) is 2.46. The Bertz CT molecular complexity index is 491. The summed E-state index contributed by atoms with van der Waals surface area (Å²) in [6.45, 7) is 1.92. The smallest absolute Gasteiger partial charge is 0.238 e. The number of hydrogen-bond donors (Lipinski definition) is 2. The van der Waals surface area contributed by atoms with E-state index in [4.69, 9.17) is 5.14 Å². The van der Waals surface area contributed by atoms with Crippen molar-refractivity contribution in [1.82, 2.24) is 0 Å². The van der Waals surface area contributed by atoms with Gasteiger partial charge in [-0.15, -0.1) is 0 Å². The summed E-state index contributed by atoms with van der Waals surface area (Å²) in [5.41, 5.74) is 0.277. The lowest BCUT2D eigenvalue weighted by Gasteiger charge is -2.14. The highest BCUT2D eigenvalue weighted by Gasteiger charge is 2.12. The molecule has 0 amide bonds. The number of rotatable bonds is 5. The maximum absolute atomic E-state index is 13.6. The van der Waals surface area contributed by atoms with Crippen molar-refractivity contribution in [3.63, 3.8) is 0 Å². The number of halogens is 1. The average molecular weight is 278 g/mol. The molecule has 0 heterocycles. The van der Waals surface area contributed by atoms with Gasteiger partial charge in [0.25, 0.3) is 0 Å². The van der Waals surface area contributed by atoms with E-state index < -0.39 is 15.8 Å². The molecule has 1 atom stereocenters. The Morgan fingerprint density at radius 3 is 2.65 bits per heavy atom. The van der Waals surface area contributed by atoms with Crippen LogP contribution in [-0.2, 0) is 10.0 Å². The van der Waals surface area contributed by atoms with E-state index in [2.05, 4.69) is 5.32 Å². The highest BCUT2D eigenvalue weighted by Crippen LogP contribution is 2.19. The predicted octanol–water partition coefficient (Wildman–Crippen LogP) is 1.64. The molecule has 1 unspecified atom stereocenters. The number of sulfonamides is 1. The van der Waals surface area contributed by atoms with Crippen LogP contribution in [0.1, 0.15) is 6.92 Å². The Balaban J connectivity index is 2.91. The van der Waals surface area contributed by atoms with Gasteiger partial charge in [-0.1, -0.05) is 0 Å². The third kappa shape index (κ3) is 4.18. The fourth-order valence-electron chi connectivity index (χ4n) is 1.35. The van der Waals surface area contributed by atoms with Crippen molar-refractivity contribution in [3.8, 4) is 0 Å². The lowest BCUT2D eigenvalue weighted by Crippen LogP contribution is -2.19. The molecule has 0 aromatic heterocycles. The van der Waals surface area contributed by atoms with E-state index in [0.29, 0.717) is 0 Å². The van der Waals surface area contributed by atoms with E-state index in [9.17, 15) is 12.8 Å². The summed E-state index contributed by atoms with van der Waals surface area (Å²) in [6, 6.07) is 3.68. The molecule has 0 aliphatic carbocycles. The third-order valence-corrected chi connectivity index (χ3v) is 3.83. The first-order valence-electron chi connectivity index (χ1n) is 4.92. The van der Waals surface area contributed by atoms with Gasteiger partial charge in [0.2, 0.25) is 10.0 Å². The predicted molar refractivity (Wildman–Crippen MR) is 69.2 cm³/mol. The van der Waals surface area contributed by atoms with E-state index in [1.165, 1.54) is 12.1 Å². The van der Waals surface area contributed by atoms with Crippen LogP contribution in [-0.4, -0.2) is 26.5 Å². The summed E-state index contributed by atoms with van der Waals surface area (Å²) < 4.78 is 35.6. The maximum atomic E-state index is 13.6. The molecule has 0 aliphatic rings. The van der Waals surface area contributed by atoms with Crippen LogP contribution in [0, 0.1) is 5.82 Å². The van der Waals surface area contributed by atoms with Gasteiger partial charge in [0.1, 0.15) is 5.82 Å². The van der Waals surface area contributed by atoms with Gasteiger partial charge in [-0.3, -0.25) is 0 Å². The first-order valence-corrected chi connectivity index (χ1v) is 7.86. The summed E-state index contributed by atoms with van der Waals surface area (Å²) in [5.74, 6) is 0.209. The van der Waals surface area contributed by atoms with Gasteiger partial charge < -0.3 is 5.32 Å². The number of hydrogen-bond acceptors (Lipinski definition) is 4. The topological polar surface area (TPSA) is 72.2 Å². The van der Waals surface area contributed by atoms with E-state index in [-0.39, 0.29) is 16.6 Å². The minimum atomic E-state index is -3.85. The van der Waals surface area contributed by atoms with Crippen LogP contribution < -0.4 is 10.5 Å². The zero-order chi connectivity index (χ0) is 13.1. The molecule has 0 saturated carbocycles. The Morgan fingerprint density at radius 2 is 2.18 bits per heavy atom. The molecule has 3 N–H and O–H groups in total. The molecule has 0 spiro atoms. The Kier molecular flexibility index (Phi) is 4.79. The van der Waals surface area contributed by atoms with E-state index >= 15 is 0 Å². The quantitative estimate of drug-likeness (QED) is 0.859. The SMILES string of the molecule is CSCC(C)Nc1ccc(S(N)(=O)=O)cc1F. The number of nitrogens with two attached hydrogens (primary N) is 1. The second-order valence-electron chi connectivity index (χ2n) is 3.69. The molecule has 1 aromatic rings. The summed E-state index contributed by atoms with van der Waals surface area (Å²) in [7, 11) is -3.85. The van der Waals surface area contributed by atoms with Crippen LogP contribution in [0.5, 0.6) is 0 Å². The molecular weight excluding hydrogens is 263 g/mol. The fraction of sp³-hybridized carbons (Fsp3) is 0.400. The van der Waals surface area contributed by atoms with Gasteiger partial charge >= 0.3 is 0 Å². The Morgan fingerprint density at radius 1 is 1.53 bits per heavy atom. The van der Waals surface area contributed by atoms with E-state index in [1.807, 2.05) is 13.2 Å². The van der Waals surface area contributed by atoms with Crippen molar-refractivity contribution in [1.29, 1.82) is 0 Å². The first-order chi connectivity index (χ1) is 7.84. The maximum Gasteiger partial charge on any atom is 0.238 e. The van der Waals surface area contributed by atoms with Crippen LogP contribution >= 0.6 is 11.8 Å². The molecule has 0 saturated heterocycles. The minimum absolute atomic E-state index is 0.0971. The molecular formula is C10H15FN2O2S2. The number of nitrogens with one attached hydrogen (secondary N) is 1. The molecule has 0 aliphatic heterocycles.